The molecule has 5 heteroatoms. The molecule has 1 amide bonds. The van der Waals surface area contributed by atoms with Crippen molar-refractivity contribution in [2.75, 3.05) is 20.3 Å². The third kappa shape index (κ3) is 3.88. The summed E-state index contributed by atoms with van der Waals surface area (Å²) in [5.74, 6) is -0.202. The number of ether oxygens (including phenoxy) is 1. The molecule has 146 valence electrons. The monoisotopic (exact) mass is 377 g/mol. The van der Waals surface area contributed by atoms with Gasteiger partial charge < -0.3 is 14.2 Å². The number of hydrogen-bond acceptors (Lipinski definition) is 3. The van der Waals surface area contributed by atoms with Crippen LogP contribution in [0, 0.1) is 25.2 Å². The molecule has 0 saturated carbocycles. The average Bonchev–Trinajstić information content (AvgIpc) is 2.98. The molecule has 2 aromatic rings. The number of methoxy groups -OCH3 is 1. The second-order valence-corrected chi connectivity index (χ2v) is 7.42. The van der Waals surface area contributed by atoms with E-state index in [2.05, 4.69) is 29.7 Å². The van der Waals surface area contributed by atoms with E-state index in [1.54, 1.807) is 18.1 Å². The second-order valence-electron chi connectivity index (χ2n) is 7.42. The predicted molar refractivity (Wildman–Crippen MR) is 110 cm³/mol. The lowest BCUT2D eigenvalue weighted by atomic mass is 9.99. The number of benzene rings is 1. The van der Waals surface area contributed by atoms with Gasteiger partial charge in [0.05, 0.1) is 12.6 Å². The third-order valence-electron chi connectivity index (χ3n) is 5.44. The van der Waals surface area contributed by atoms with Gasteiger partial charge in [-0.25, -0.2) is 0 Å². The van der Waals surface area contributed by atoms with Crippen LogP contribution in [0.2, 0.25) is 0 Å². The topological polar surface area (TPSA) is 58.3 Å². The van der Waals surface area contributed by atoms with E-state index >= 15 is 0 Å². The van der Waals surface area contributed by atoms with E-state index in [1.807, 2.05) is 32.0 Å². The molecule has 0 aliphatic carbocycles. The summed E-state index contributed by atoms with van der Waals surface area (Å²) < 4.78 is 7.46. The van der Waals surface area contributed by atoms with Gasteiger partial charge in [0.2, 0.25) is 0 Å². The van der Waals surface area contributed by atoms with Gasteiger partial charge in [0, 0.05) is 31.6 Å². The minimum Gasteiger partial charge on any atom is -0.383 e. The Labute approximate surface area is 166 Å². The maximum Gasteiger partial charge on any atom is 0.264 e. The fourth-order valence-corrected chi connectivity index (χ4v) is 4.08. The van der Waals surface area contributed by atoms with Gasteiger partial charge in [0.25, 0.3) is 5.91 Å². The van der Waals surface area contributed by atoms with Crippen LogP contribution in [0.3, 0.4) is 0 Å². The Morgan fingerprint density at radius 3 is 2.71 bits per heavy atom. The summed E-state index contributed by atoms with van der Waals surface area (Å²) in [5, 5.41) is 9.65. The number of carbonyl (C=O) groups is 1. The Morgan fingerprint density at radius 1 is 1.32 bits per heavy atom. The van der Waals surface area contributed by atoms with Gasteiger partial charge in [0.1, 0.15) is 11.6 Å². The number of aromatic nitrogens is 1. The molecule has 0 radical (unpaired) electrons. The van der Waals surface area contributed by atoms with E-state index in [1.165, 1.54) is 5.56 Å². The number of fused-ring (bicyclic) bond motifs is 1. The van der Waals surface area contributed by atoms with Crippen molar-refractivity contribution < 1.29 is 9.53 Å². The number of amides is 1. The molecule has 1 atom stereocenters. The fourth-order valence-electron chi connectivity index (χ4n) is 4.08. The largest absolute Gasteiger partial charge is 0.383 e. The molecule has 1 aliphatic heterocycles. The summed E-state index contributed by atoms with van der Waals surface area (Å²) in [6.45, 7) is 7.94. The van der Waals surface area contributed by atoms with E-state index in [9.17, 15) is 10.1 Å². The molecule has 28 heavy (non-hydrogen) atoms. The molecule has 0 bridgehead atoms. The van der Waals surface area contributed by atoms with Crippen molar-refractivity contribution in [3.8, 4) is 6.07 Å². The summed E-state index contributed by atoms with van der Waals surface area (Å²) in [4.78, 5) is 14.8. The first-order valence-corrected chi connectivity index (χ1v) is 9.61. The van der Waals surface area contributed by atoms with E-state index < -0.39 is 0 Å². The van der Waals surface area contributed by atoms with Crippen molar-refractivity contribution >= 4 is 12.0 Å². The van der Waals surface area contributed by atoms with Crippen molar-refractivity contribution in [2.24, 2.45) is 0 Å². The van der Waals surface area contributed by atoms with Crippen LogP contribution in [-0.4, -0.2) is 35.6 Å². The molecule has 3 rings (SSSR count). The lowest BCUT2D eigenvalue weighted by Gasteiger charge is -2.28. The van der Waals surface area contributed by atoms with Gasteiger partial charge in [-0.1, -0.05) is 24.3 Å². The Hall–Kier alpha value is -2.84. The highest BCUT2D eigenvalue weighted by atomic mass is 16.5. The summed E-state index contributed by atoms with van der Waals surface area (Å²) in [6.07, 6.45) is 2.55. The zero-order chi connectivity index (χ0) is 20.3. The minimum atomic E-state index is -0.202. The van der Waals surface area contributed by atoms with E-state index in [0.29, 0.717) is 19.7 Å². The summed E-state index contributed by atoms with van der Waals surface area (Å²) in [6, 6.07) is 12.5. The first-order valence-electron chi connectivity index (χ1n) is 9.61. The van der Waals surface area contributed by atoms with Crippen LogP contribution in [-0.2, 0) is 22.5 Å². The number of hydrogen-bond donors (Lipinski definition) is 0. The van der Waals surface area contributed by atoms with Crippen LogP contribution in [0.4, 0.5) is 0 Å². The molecule has 0 spiro atoms. The van der Waals surface area contributed by atoms with Crippen LogP contribution in [0.25, 0.3) is 6.08 Å². The van der Waals surface area contributed by atoms with Crippen LogP contribution in [0.5, 0.6) is 0 Å². The van der Waals surface area contributed by atoms with Crippen LogP contribution in [0.1, 0.15) is 41.0 Å². The molecule has 1 aromatic heterocycles. The summed E-state index contributed by atoms with van der Waals surface area (Å²) in [7, 11) is 1.69. The quantitative estimate of drug-likeness (QED) is 0.588. The number of carbonyl (C=O) groups excluding carboxylic acids is 1. The molecule has 0 fully saturated rings. The first kappa shape index (κ1) is 19.9. The van der Waals surface area contributed by atoms with Crippen molar-refractivity contribution in [3.05, 3.63) is 64.0 Å². The van der Waals surface area contributed by atoms with Crippen molar-refractivity contribution in [1.29, 1.82) is 5.26 Å². The molecular weight excluding hydrogens is 350 g/mol. The van der Waals surface area contributed by atoms with Crippen molar-refractivity contribution in [3.63, 3.8) is 0 Å². The third-order valence-corrected chi connectivity index (χ3v) is 5.44. The Morgan fingerprint density at radius 2 is 2.04 bits per heavy atom. The lowest BCUT2D eigenvalue weighted by Crippen LogP contribution is -2.36. The van der Waals surface area contributed by atoms with Crippen LogP contribution in [0.15, 0.2) is 35.9 Å². The molecule has 1 unspecified atom stereocenters. The van der Waals surface area contributed by atoms with Gasteiger partial charge >= 0.3 is 0 Å². The molecule has 5 nitrogen and oxygen atoms in total. The smallest absolute Gasteiger partial charge is 0.264 e. The van der Waals surface area contributed by atoms with Crippen LogP contribution < -0.4 is 0 Å². The van der Waals surface area contributed by atoms with Crippen LogP contribution >= 0.6 is 0 Å². The molecule has 0 N–H and O–H groups in total. The maximum atomic E-state index is 13.0. The van der Waals surface area contributed by atoms with Crippen molar-refractivity contribution in [1.82, 2.24) is 9.47 Å². The molecule has 0 saturated heterocycles. The van der Waals surface area contributed by atoms with Gasteiger partial charge in [-0.2, -0.15) is 5.26 Å². The fraction of sp³-hybridized carbons (Fsp3) is 0.391. The zero-order valence-electron chi connectivity index (χ0n) is 17.0. The maximum absolute atomic E-state index is 13.0. The highest BCUT2D eigenvalue weighted by Gasteiger charge is 2.24. The normalized spacial score (nSPS) is 15.1. The Balaban J connectivity index is 1.86. The standard InChI is InChI=1S/C23H27N3O2/c1-16-11-21(18(3)26(16)17(2)15-28-4)12-22(13-24)23(27)25-10-9-19-7-5-6-8-20(19)14-25/h5-8,11-12,17H,9-10,14-15H2,1-4H3/b22-12+. The number of nitriles is 1. The number of rotatable bonds is 5. The average molecular weight is 377 g/mol. The molecule has 1 aromatic carbocycles. The highest BCUT2D eigenvalue weighted by molar-refractivity contribution is 6.02. The molecular formula is C23H27N3O2. The highest BCUT2D eigenvalue weighted by Crippen LogP contribution is 2.24. The number of aryl methyl sites for hydroxylation is 1. The summed E-state index contributed by atoms with van der Waals surface area (Å²) in [5.41, 5.74) is 5.65. The van der Waals surface area contributed by atoms with E-state index in [-0.39, 0.29) is 17.5 Å². The second kappa shape index (κ2) is 8.45. The molecule has 1 aliphatic rings. The number of nitrogens with zero attached hydrogens (tertiary/aromatic N) is 3. The lowest BCUT2D eigenvalue weighted by molar-refractivity contribution is -0.127. The minimum absolute atomic E-state index is 0.180. The van der Waals surface area contributed by atoms with Gasteiger partial charge in [0.15, 0.2) is 0 Å². The van der Waals surface area contributed by atoms with Gasteiger partial charge in [-0.05, 0) is 56.0 Å². The first-order chi connectivity index (χ1) is 13.5. The van der Waals surface area contributed by atoms with E-state index in [0.717, 1.165) is 28.9 Å². The summed E-state index contributed by atoms with van der Waals surface area (Å²) >= 11 is 0. The predicted octanol–water partition coefficient (Wildman–Crippen LogP) is 3.80. The van der Waals surface area contributed by atoms with Gasteiger partial charge in [-0.3, -0.25) is 4.79 Å². The van der Waals surface area contributed by atoms with E-state index in [4.69, 9.17) is 4.74 Å². The van der Waals surface area contributed by atoms with Crippen molar-refractivity contribution in [2.45, 2.75) is 39.8 Å². The Bertz CT molecular complexity index is 949. The zero-order valence-corrected chi connectivity index (χ0v) is 17.0. The Kier molecular flexibility index (Phi) is 6.01. The molecule has 2 heterocycles. The van der Waals surface area contributed by atoms with Gasteiger partial charge in [-0.15, -0.1) is 0 Å². The SMILES string of the molecule is COCC(C)n1c(C)cc(/C=C(\C#N)C(=O)N2CCc3ccccc3C2)c1C.